The van der Waals surface area contributed by atoms with E-state index < -0.39 is 7.82 Å². The summed E-state index contributed by atoms with van der Waals surface area (Å²) in [6, 6.07) is 14.5. The molecule has 0 aliphatic heterocycles. The summed E-state index contributed by atoms with van der Waals surface area (Å²) in [5.74, 6) is 1.17. The second-order valence-electron chi connectivity index (χ2n) is 7.60. The topological polar surface area (TPSA) is 103 Å². The molecular weight excluding hydrogens is 482 g/mol. The van der Waals surface area contributed by atoms with Gasteiger partial charge < -0.3 is 28.2 Å². The molecule has 0 spiro atoms. The molecule has 3 rings (SSSR count). The number of Topliss-reactive ketones (excluding diaryl/α,β-unsaturated/α-hetero) is 1. The summed E-state index contributed by atoms with van der Waals surface area (Å²) in [5.41, 5.74) is 2.67. The zero-order valence-electron chi connectivity index (χ0n) is 20.6. The minimum absolute atomic E-state index is 0. The number of aryl methyl sites for hydroxylation is 2. The second-order valence-corrected chi connectivity index (χ2v) is 8.86. The minimum Gasteiger partial charge on any atom is -0.736 e. The molecule has 0 aromatic heterocycles. The number of phosphoric acid groups is 1. The van der Waals surface area contributed by atoms with Crippen LogP contribution in [0.25, 0.3) is 0 Å². The molecule has 8 nitrogen and oxygen atoms in total. The zero-order valence-corrected chi connectivity index (χ0v) is 23.5. The van der Waals surface area contributed by atoms with Crippen LogP contribution >= 0.6 is 7.82 Å². The molecule has 180 valence electrons. The van der Waals surface area contributed by atoms with E-state index in [1.807, 2.05) is 19.9 Å². The number of ether oxygens (including phenoxy) is 3. The third kappa shape index (κ3) is 7.75. The Balaban J connectivity index is 0.00000432. The van der Waals surface area contributed by atoms with Crippen molar-refractivity contribution in [3.63, 3.8) is 0 Å². The van der Waals surface area contributed by atoms with E-state index >= 15 is 0 Å². The van der Waals surface area contributed by atoms with Crippen molar-refractivity contribution < 1.29 is 67.1 Å². The standard InChI is InChI=1S/C25H27O8P.Na/c1-16-10-17(2)12-21(11-16)33-34(27,28)32-19-8-6-18(7-9-19)13-22(26)25-23(30-4)14-20(29-3)15-24(25)31-5;/h6-12,14-15H,13H2,1-5H3,(H,27,28);/q;+1/p-1. The fourth-order valence-corrected chi connectivity index (χ4v) is 4.27. The number of methoxy groups -OCH3 is 3. The van der Waals surface area contributed by atoms with Crippen LogP contribution in [0.5, 0.6) is 28.7 Å². The molecule has 0 amide bonds. The molecule has 0 aliphatic rings. The first-order valence-corrected chi connectivity index (χ1v) is 11.8. The third-order valence-corrected chi connectivity index (χ3v) is 5.78. The quantitative estimate of drug-likeness (QED) is 0.232. The second kappa shape index (κ2) is 12.5. The van der Waals surface area contributed by atoms with Gasteiger partial charge in [0.05, 0.1) is 21.3 Å². The fourth-order valence-electron chi connectivity index (χ4n) is 3.48. The molecule has 1 atom stereocenters. The molecule has 0 saturated carbocycles. The van der Waals surface area contributed by atoms with E-state index in [2.05, 4.69) is 0 Å². The summed E-state index contributed by atoms with van der Waals surface area (Å²) in [4.78, 5) is 25.3. The van der Waals surface area contributed by atoms with Crippen LogP contribution in [0.15, 0.2) is 54.6 Å². The summed E-state index contributed by atoms with van der Waals surface area (Å²) >= 11 is 0. The van der Waals surface area contributed by atoms with Gasteiger partial charge >= 0.3 is 37.4 Å². The van der Waals surface area contributed by atoms with Crippen molar-refractivity contribution >= 4 is 13.6 Å². The first-order chi connectivity index (χ1) is 16.1. The molecule has 0 aliphatic carbocycles. The maximum Gasteiger partial charge on any atom is 1.00 e. The number of benzene rings is 3. The van der Waals surface area contributed by atoms with Crippen LogP contribution < -0.4 is 57.7 Å². The molecule has 0 radical (unpaired) electrons. The van der Waals surface area contributed by atoms with Gasteiger partial charge in [-0.1, -0.05) is 18.2 Å². The Kier molecular flexibility index (Phi) is 10.2. The average Bonchev–Trinajstić information content (AvgIpc) is 2.77. The molecule has 35 heavy (non-hydrogen) atoms. The molecule has 0 N–H and O–H groups in total. The van der Waals surface area contributed by atoms with Crippen molar-refractivity contribution in [2.45, 2.75) is 20.3 Å². The average molecular weight is 508 g/mol. The molecule has 1 unspecified atom stereocenters. The van der Waals surface area contributed by atoms with Crippen LogP contribution in [-0.2, 0) is 11.0 Å². The van der Waals surface area contributed by atoms with Gasteiger partial charge in [-0.25, -0.2) is 4.57 Å². The van der Waals surface area contributed by atoms with Crippen LogP contribution in [0.1, 0.15) is 27.0 Å². The van der Waals surface area contributed by atoms with E-state index in [0.717, 1.165) is 11.1 Å². The molecule has 0 bridgehead atoms. The van der Waals surface area contributed by atoms with Gasteiger partial charge in [-0.2, -0.15) is 0 Å². The number of phosphoric ester groups is 1. The smallest absolute Gasteiger partial charge is 0.736 e. The van der Waals surface area contributed by atoms with Gasteiger partial charge in [-0.15, -0.1) is 0 Å². The summed E-state index contributed by atoms with van der Waals surface area (Å²) in [5, 5.41) is 0. The molecule has 3 aromatic carbocycles. The van der Waals surface area contributed by atoms with Crippen molar-refractivity contribution in [2.75, 3.05) is 21.3 Å². The zero-order chi connectivity index (χ0) is 24.9. The minimum atomic E-state index is -4.66. The van der Waals surface area contributed by atoms with Crippen molar-refractivity contribution in [1.82, 2.24) is 0 Å². The number of rotatable bonds is 10. The van der Waals surface area contributed by atoms with Crippen LogP contribution in [0.3, 0.4) is 0 Å². The van der Waals surface area contributed by atoms with E-state index in [1.54, 1.807) is 36.4 Å². The molecule has 0 heterocycles. The van der Waals surface area contributed by atoms with Crippen molar-refractivity contribution in [1.29, 1.82) is 0 Å². The summed E-state index contributed by atoms with van der Waals surface area (Å²) in [6.45, 7) is 3.68. The summed E-state index contributed by atoms with van der Waals surface area (Å²) in [7, 11) is -0.237. The Morgan fingerprint density at radius 2 is 1.29 bits per heavy atom. The van der Waals surface area contributed by atoms with E-state index in [4.69, 9.17) is 23.3 Å². The van der Waals surface area contributed by atoms with Crippen LogP contribution in [0.2, 0.25) is 0 Å². The van der Waals surface area contributed by atoms with E-state index in [0.29, 0.717) is 22.8 Å². The first kappa shape index (κ1) is 28.8. The van der Waals surface area contributed by atoms with Crippen LogP contribution in [0.4, 0.5) is 0 Å². The van der Waals surface area contributed by atoms with E-state index in [-0.39, 0.29) is 58.8 Å². The van der Waals surface area contributed by atoms with Gasteiger partial charge in [0.2, 0.25) is 0 Å². The number of carbonyl (C=O) groups is 1. The fraction of sp³-hybridized carbons (Fsp3) is 0.240. The van der Waals surface area contributed by atoms with Gasteiger partial charge in [0.25, 0.3) is 0 Å². The van der Waals surface area contributed by atoms with Crippen molar-refractivity contribution in [2.24, 2.45) is 0 Å². The predicted octanol–water partition coefficient (Wildman–Crippen LogP) is 1.68. The Bertz CT molecular complexity index is 1180. The number of ketones is 1. The van der Waals surface area contributed by atoms with Crippen LogP contribution in [-0.4, -0.2) is 27.1 Å². The van der Waals surface area contributed by atoms with Gasteiger partial charge in [0.1, 0.15) is 34.3 Å². The van der Waals surface area contributed by atoms with Gasteiger partial charge in [0, 0.05) is 18.6 Å². The molecule has 0 saturated heterocycles. The largest absolute Gasteiger partial charge is 1.00 e. The maximum atomic E-state index is 13.0. The summed E-state index contributed by atoms with van der Waals surface area (Å²) < 4.78 is 38.4. The molecule has 10 heteroatoms. The Hall–Kier alpha value is -2.48. The SMILES string of the molecule is COc1cc(OC)c(C(=O)Cc2ccc(OP(=O)([O-])Oc3cc(C)cc(C)c3)cc2)c(OC)c1.[Na+]. The molecule has 3 aromatic rings. The number of hydrogen-bond donors (Lipinski definition) is 0. The van der Waals surface area contributed by atoms with Crippen LogP contribution in [0, 0.1) is 13.8 Å². The number of hydrogen-bond acceptors (Lipinski definition) is 8. The first-order valence-electron chi connectivity index (χ1n) is 10.3. The predicted molar refractivity (Wildman–Crippen MR) is 125 cm³/mol. The normalized spacial score (nSPS) is 12.1. The van der Waals surface area contributed by atoms with Crippen molar-refractivity contribution in [3.05, 3.63) is 76.9 Å². The van der Waals surface area contributed by atoms with E-state index in [1.165, 1.54) is 33.5 Å². The molecular formula is C25H26NaO8P. The van der Waals surface area contributed by atoms with Crippen molar-refractivity contribution in [3.8, 4) is 28.7 Å². The number of carbonyl (C=O) groups excluding carboxylic acids is 1. The van der Waals surface area contributed by atoms with Gasteiger partial charge in [-0.05, 0) is 54.8 Å². The van der Waals surface area contributed by atoms with Gasteiger partial charge in [0.15, 0.2) is 5.78 Å². The Morgan fingerprint density at radius 1 is 0.771 bits per heavy atom. The Morgan fingerprint density at radius 3 is 1.77 bits per heavy atom. The van der Waals surface area contributed by atoms with Gasteiger partial charge in [-0.3, -0.25) is 4.79 Å². The maximum absolute atomic E-state index is 13.0. The Labute approximate surface area is 227 Å². The molecule has 0 fully saturated rings. The van der Waals surface area contributed by atoms with E-state index in [9.17, 15) is 14.3 Å². The summed E-state index contributed by atoms with van der Waals surface area (Å²) in [6.07, 6.45) is 0.0352. The third-order valence-electron chi connectivity index (χ3n) is 4.91. The monoisotopic (exact) mass is 508 g/mol.